The first kappa shape index (κ1) is 16.8. The number of nitrogens with two attached hydrogens (primary N) is 2. The summed E-state index contributed by atoms with van der Waals surface area (Å²) in [5, 5.41) is 12.7. The zero-order chi connectivity index (χ0) is 16.3. The minimum Gasteiger partial charge on any atom is -0.467 e. The smallest absolute Gasteiger partial charge is 0.239 e. The quantitative estimate of drug-likeness (QED) is 0.694. The SMILES string of the molecule is NSC(=O)c1cc(S(N)(=O)=O)c(Cl)cc1NCc1ccco1. The molecule has 0 saturated carbocycles. The van der Waals surface area contributed by atoms with Crippen LogP contribution in [0.5, 0.6) is 0 Å². The van der Waals surface area contributed by atoms with Crippen LogP contribution in [-0.2, 0) is 16.6 Å². The Labute approximate surface area is 136 Å². The van der Waals surface area contributed by atoms with Gasteiger partial charge in [0.15, 0.2) is 0 Å². The van der Waals surface area contributed by atoms with Gasteiger partial charge in [0.1, 0.15) is 10.7 Å². The Morgan fingerprint density at radius 1 is 1.41 bits per heavy atom. The second-order valence-corrected chi connectivity index (χ2v) is 6.75. The molecule has 0 aliphatic carbocycles. The van der Waals surface area contributed by atoms with Gasteiger partial charge in [-0.2, -0.15) is 0 Å². The van der Waals surface area contributed by atoms with Crippen LogP contribution in [0.1, 0.15) is 16.1 Å². The zero-order valence-electron chi connectivity index (χ0n) is 11.1. The summed E-state index contributed by atoms with van der Waals surface area (Å²) >= 11 is 6.38. The third kappa shape index (κ3) is 3.81. The maximum absolute atomic E-state index is 11.9. The molecule has 1 aromatic carbocycles. The molecule has 1 heterocycles. The summed E-state index contributed by atoms with van der Waals surface area (Å²) in [6.07, 6.45) is 1.51. The highest BCUT2D eigenvalue weighted by atomic mass is 35.5. The molecular weight excluding hydrogens is 350 g/mol. The van der Waals surface area contributed by atoms with Gasteiger partial charge in [0.2, 0.25) is 15.1 Å². The van der Waals surface area contributed by atoms with Crippen molar-refractivity contribution in [1.82, 2.24) is 0 Å². The summed E-state index contributed by atoms with van der Waals surface area (Å²) in [4.78, 5) is 11.5. The monoisotopic (exact) mass is 361 g/mol. The molecule has 10 heteroatoms. The van der Waals surface area contributed by atoms with Crippen LogP contribution in [0, 0.1) is 0 Å². The van der Waals surface area contributed by atoms with Crippen LogP contribution in [0.25, 0.3) is 0 Å². The number of hydrogen-bond donors (Lipinski definition) is 3. The number of nitrogens with one attached hydrogen (secondary N) is 1. The van der Waals surface area contributed by atoms with Crippen LogP contribution in [-0.4, -0.2) is 13.5 Å². The highest BCUT2D eigenvalue weighted by Gasteiger charge is 2.20. The summed E-state index contributed by atoms with van der Waals surface area (Å²) in [6, 6.07) is 5.88. The van der Waals surface area contributed by atoms with E-state index in [1.807, 2.05) is 0 Å². The highest BCUT2D eigenvalue weighted by molar-refractivity contribution is 8.12. The first-order chi connectivity index (χ1) is 10.3. The van der Waals surface area contributed by atoms with Gasteiger partial charge >= 0.3 is 0 Å². The topological polar surface area (TPSA) is 128 Å². The van der Waals surface area contributed by atoms with Crippen molar-refractivity contribution in [1.29, 1.82) is 0 Å². The van der Waals surface area contributed by atoms with Gasteiger partial charge in [0.05, 0.1) is 23.4 Å². The molecule has 0 spiro atoms. The van der Waals surface area contributed by atoms with E-state index in [-0.39, 0.29) is 22.0 Å². The summed E-state index contributed by atoms with van der Waals surface area (Å²) in [5.41, 5.74) is 0.393. The van der Waals surface area contributed by atoms with E-state index in [1.54, 1.807) is 12.1 Å². The van der Waals surface area contributed by atoms with Gasteiger partial charge in [-0.3, -0.25) is 9.93 Å². The summed E-state index contributed by atoms with van der Waals surface area (Å²) < 4.78 is 28.1. The van der Waals surface area contributed by atoms with E-state index in [9.17, 15) is 13.2 Å². The predicted molar refractivity (Wildman–Crippen MR) is 85.0 cm³/mol. The van der Waals surface area contributed by atoms with Gasteiger partial charge in [-0.15, -0.1) is 0 Å². The Morgan fingerprint density at radius 3 is 2.68 bits per heavy atom. The third-order valence-corrected chi connectivity index (χ3v) is 4.55. The molecule has 5 N–H and O–H groups in total. The number of rotatable bonds is 5. The number of anilines is 1. The van der Waals surface area contributed by atoms with Crippen molar-refractivity contribution in [3.63, 3.8) is 0 Å². The molecule has 0 atom stereocenters. The number of carbonyl (C=O) groups is 1. The Morgan fingerprint density at radius 2 is 2.14 bits per heavy atom. The van der Waals surface area contributed by atoms with Crippen LogP contribution < -0.4 is 15.6 Å². The fraction of sp³-hybridized carbons (Fsp3) is 0.0833. The van der Waals surface area contributed by atoms with Crippen LogP contribution in [0.3, 0.4) is 0 Å². The Balaban J connectivity index is 2.43. The normalized spacial score (nSPS) is 11.4. The van der Waals surface area contributed by atoms with Gasteiger partial charge in [0, 0.05) is 5.69 Å². The lowest BCUT2D eigenvalue weighted by Crippen LogP contribution is -2.15. The van der Waals surface area contributed by atoms with Crippen molar-refractivity contribution in [2.75, 3.05) is 5.32 Å². The molecule has 0 aliphatic heterocycles. The first-order valence-corrected chi connectivity index (χ1v) is 8.67. The van der Waals surface area contributed by atoms with Crippen LogP contribution >= 0.6 is 23.5 Å². The number of halogens is 1. The maximum atomic E-state index is 11.9. The van der Waals surface area contributed by atoms with Gasteiger partial charge in [-0.25, -0.2) is 13.6 Å². The number of sulfonamides is 1. The van der Waals surface area contributed by atoms with Gasteiger partial charge in [-0.05, 0) is 36.2 Å². The Hall–Kier alpha value is -1.52. The molecule has 118 valence electrons. The minimum absolute atomic E-state index is 0.0625. The number of hydrogen-bond acceptors (Lipinski definition) is 7. The van der Waals surface area contributed by atoms with Gasteiger partial charge in [-0.1, -0.05) is 11.6 Å². The van der Waals surface area contributed by atoms with Crippen LogP contribution in [0.15, 0.2) is 39.8 Å². The van der Waals surface area contributed by atoms with E-state index in [0.29, 0.717) is 23.4 Å². The number of primary sulfonamides is 1. The van der Waals surface area contributed by atoms with E-state index >= 15 is 0 Å². The number of benzene rings is 1. The average Bonchev–Trinajstić information content (AvgIpc) is 2.96. The molecule has 0 radical (unpaired) electrons. The van der Waals surface area contributed by atoms with Crippen molar-refractivity contribution in [2.45, 2.75) is 11.4 Å². The first-order valence-electron chi connectivity index (χ1n) is 5.86. The fourth-order valence-corrected chi connectivity index (χ4v) is 3.14. The molecule has 0 fully saturated rings. The van der Waals surface area contributed by atoms with E-state index in [2.05, 4.69) is 5.32 Å². The molecule has 2 aromatic rings. The minimum atomic E-state index is -4.05. The van der Waals surface area contributed by atoms with E-state index in [0.717, 1.165) is 6.07 Å². The lowest BCUT2D eigenvalue weighted by molar-refractivity contribution is 0.108. The number of carbonyl (C=O) groups excluding carboxylic acids is 1. The molecular formula is C12H12ClN3O4S2. The summed E-state index contributed by atoms with van der Waals surface area (Å²) in [5.74, 6) is 0.630. The largest absolute Gasteiger partial charge is 0.467 e. The fourth-order valence-electron chi connectivity index (χ4n) is 1.75. The van der Waals surface area contributed by atoms with Gasteiger partial charge < -0.3 is 9.73 Å². The lowest BCUT2D eigenvalue weighted by atomic mass is 10.2. The number of furan rings is 1. The zero-order valence-corrected chi connectivity index (χ0v) is 13.5. The molecule has 0 saturated heterocycles. The summed E-state index contributed by atoms with van der Waals surface area (Å²) in [6.45, 7) is 0.285. The predicted octanol–water partition coefficient (Wildman–Crippen LogP) is 1.94. The standard InChI is InChI=1S/C12H12ClN3O4S2/c13-9-5-10(16-6-7-2-1-3-20-7)8(12(17)21-14)4-11(9)22(15,18)19/h1-5,16H,6,14H2,(H2,15,18,19). The van der Waals surface area contributed by atoms with E-state index in [1.165, 1.54) is 12.3 Å². The van der Waals surface area contributed by atoms with Crippen molar-refractivity contribution in [3.8, 4) is 0 Å². The van der Waals surface area contributed by atoms with Crippen LogP contribution in [0.4, 0.5) is 5.69 Å². The molecule has 2 rings (SSSR count). The Bertz CT molecular complexity index is 791. The van der Waals surface area contributed by atoms with Crippen molar-refractivity contribution >= 4 is 44.4 Å². The van der Waals surface area contributed by atoms with Crippen molar-refractivity contribution < 1.29 is 17.6 Å². The molecule has 0 amide bonds. The van der Waals surface area contributed by atoms with E-state index < -0.39 is 15.1 Å². The molecule has 7 nitrogen and oxygen atoms in total. The average molecular weight is 362 g/mol. The van der Waals surface area contributed by atoms with E-state index in [4.69, 9.17) is 26.3 Å². The molecule has 0 aliphatic rings. The third-order valence-electron chi connectivity index (χ3n) is 2.74. The molecule has 0 bridgehead atoms. The van der Waals surface area contributed by atoms with Gasteiger partial charge in [0.25, 0.3) is 0 Å². The second kappa shape index (κ2) is 6.71. The van der Waals surface area contributed by atoms with Crippen molar-refractivity contribution in [3.05, 3.63) is 46.9 Å². The Kier molecular flexibility index (Phi) is 5.14. The lowest BCUT2D eigenvalue weighted by Gasteiger charge is -2.12. The molecule has 22 heavy (non-hydrogen) atoms. The highest BCUT2D eigenvalue weighted by Crippen LogP contribution is 2.30. The molecule has 1 aromatic heterocycles. The van der Waals surface area contributed by atoms with Crippen molar-refractivity contribution in [2.24, 2.45) is 10.3 Å². The molecule has 0 unspecified atom stereocenters. The second-order valence-electron chi connectivity index (χ2n) is 4.21. The maximum Gasteiger partial charge on any atom is 0.239 e. The van der Waals surface area contributed by atoms with Crippen LogP contribution in [0.2, 0.25) is 5.02 Å². The summed E-state index contributed by atoms with van der Waals surface area (Å²) in [7, 11) is -4.05.